The minimum Gasteiger partial charge on any atom is -0.116 e. The lowest BCUT2D eigenvalue weighted by atomic mass is 10.1. The highest BCUT2D eigenvalue weighted by molar-refractivity contribution is 6.37. The molecule has 0 unspecified atom stereocenters. The van der Waals surface area contributed by atoms with Gasteiger partial charge in [0, 0.05) is 5.03 Å². The van der Waals surface area contributed by atoms with E-state index in [-0.39, 0.29) is 5.38 Å². The molecule has 0 aliphatic heterocycles. The molecule has 1 aromatic carbocycles. The summed E-state index contributed by atoms with van der Waals surface area (Å²) in [6.07, 6.45) is 0.784. The van der Waals surface area contributed by atoms with Crippen molar-refractivity contribution < 1.29 is 0 Å². The quantitative estimate of drug-likeness (QED) is 0.675. The molecule has 0 saturated carbocycles. The van der Waals surface area contributed by atoms with Crippen LogP contribution in [0.5, 0.6) is 0 Å². The van der Waals surface area contributed by atoms with Crippen molar-refractivity contribution in [2.45, 2.75) is 25.6 Å². The van der Waals surface area contributed by atoms with Crippen LogP contribution < -0.4 is 0 Å². The maximum absolute atomic E-state index is 6.17. The van der Waals surface area contributed by atoms with Gasteiger partial charge < -0.3 is 0 Å². The van der Waals surface area contributed by atoms with Crippen LogP contribution in [0, 0.1) is 0 Å². The van der Waals surface area contributed by atoms with Gasteiger partial charge in [-0.2, -0.15) is 0 Å². The second kappa shape index (κ2) is 5.43. The van der Waals surface area contributed by atoms with Crippen LogP contribution in [0.15, 0.2) is 40.9 Å². The van der Waals surface area contributed by atoms with Crippen LogP contribution in [-0.2, 0) is 6.42 Å². The van der Waals surface area contributed by atoms with E-state index in [1.54, 1.807) is 0 Å². The van der Waals surface area contributed by atoms with Gasteiger partial charge >= 0.3 is 0 Å². The molecule has 2 heteroatoms. The molecule has 0 aromatic heterocycles. The van der Waals surface area contributed by atoms with Crippen molar-refractivity contribution in [2.75, 3.05) is 0 Å². The Hall–Kier alpha value is -0.460. The molecule has 0 N–H and O–H groups in total. The number of rotatable bonds is 3. The molecule has 1 atom stereocenters. The van der Waals surface area contributed by atoms with Gasteiger partial charge in [-0.1, -0.05) is 47.5 Å². The Kier molecular flexibility index (Phi) is 4.50. The molecule has 0 nitrogen and oxygen atoms in total. The minimum atomic E-state index is -0.107. The van der Waals surface area contributed by atoms with E-state index in [0.717, 1.165) is 17.0 Å². The fourth-order valence-corrected chi connectivity index (χ4v) is 1.70. The first-order valence-electron chi connectivity index (χ1n) is 4.62. The number of benzene rings is 1. The second-order valence-electron chi connectivity index (χ2n) is 3.51. The third kappa shape index (κ3) is 3.36. The first-order valence-corrected chi connectivity index (χ1v) is 5.43. The summed E-state index contributed by atoms with van der Waals surface area (Å²) in [5.41, 5.74) is 2.30. The highest BCUT2D eigenvalue weighted by Crippen LogP contribution is 2.22. The van der Waals surface area contributed by atoms with E-state index in [1.165, 1.54) is 5.56 Å². The Labute approximate surface area is 95.5 Å². The van der Waals surface area contributed by atoms with E-state index in [1.807, 2.05) is 32.0 Å². The summed E-state index contributed by atoms with van der Waals surface area (Å²) >= 11 is 12.2. The van der Waals surface area contributed by atoms with E-state index in [9.17, 15) is 0 Å². The van der Waals surface area contributed by atoms with Crippen molar-refractivity contribution in [1.29, 1.82) is 0 Å². The van der Waals surface area contributed by atoms with Crippen LogP contribution in [0.2, 0.25) is 0 Å². The summed E-state index contributed by atoms with van der Waals surface area (Å²) in [5.74, 6) is 0. The summed E-state index contributed by atoms with van der Waals surface area (Å²) in [5, 5.41) is 0.652. The van der Waals surface area contributed by atoms with Crippen LogP contribution >= 0.6 is 23.2 Å². The Morgan fingerprint density at radius 2 is 1.79 bits per heavy atom. The van der Waals surface area contributed by atoms with Crippen LogP contribution in [-0.4, -0.2) is 5.38 Å². The van der Waals surface area contributed by atoms with Crippen molar-refractivity contribution in [3.63, 3.8) is 0 Å². The van der Waals surface area contributed by atoms with E-state index in [2.05, 4.69) is 12.1 Å². The fourth-order valence-electron chi connectivity index (χ4n) is 1.22. The smallest absolute Gasteiger partial charge is 0.0731 e. The maximum Gasteiger partial charge on any atom is 0.0731 e. The van der Waals surface area contributed by atoms with Gasteiger partial charge in [-0.15, -0.1) is 11.6 Å². The van der Waals surface area contributed by atoms with Crippen LogP contribution in [0.3, 0.4) is 0 Å². The van der Waals surface area contributed by atoms with Crippen LogP contribution in [0.25, 0.3) is 0 Å². The zero-order valence-corrected chi connectivity index (χ0v) is 9.94. The van der Waals surface area contributed by atoms with Crippen LogP contribution in [0.4, 0.5) is 0 Å². The van der Waals surface area contributed by atoms with Gasteiger partial charge in [0.1, 0.15) is 0 Å². The van der Waals surface area contributed by atoms with Crippen molar-refractivity contribution in [3.8, 4) is 0 Å². The molecule has 0 aliphatic carbocycles. The predicted molar refractivity (Wildman–Crippen MR) is 64.0 cm³/mol. The number of hydrogen-bond donors (Lipinski definition) is 0. The number of alkyl halides is 1. The molecule has 0 bridgehead atoms. The Morgan fingerprint density at radius 1 is 1.21 bits per heavy atom. The van der Waals surface area contributed by atoms with Crippen LogP contribution in [0.1, 0.15) is 19.4 Å². The second-order valence-corrected chi connectivity index (χ2v) is 4.44. The molecule has 1 aromatic rings. The Balaban J connectivity index is 2.67. The van der Waals surface area contributed by atoms with E-state index < -0.39 is 0 Å². The molecule has 0 fully saturated rings. The third-order valence-corrected chi connectivity index (χ3v) is 3.14. The van der Waals surface area contributed by atoms with Gasteiger partial charge in [0.15, 0.2) is 0 Å². The van der Waals surface area contributed by atoms with Crippen molar-refractivity contribution in [1.82, 2.24) is 0 Å². The standard InChI is InChI=1S/C12H14Cl2/c1-9(2)12(14)11(13)8-10-6-4-3-5-7-10/h3-7,11H,8H2,1-2H3/t11-/m1/s1. The van der Waals surface area contributed by atoms with Gasteiger partial charge in [0.05, 0.1) is 5.38 Å². The minimum absolute atomic E-state index is 0.107. The normalized spacial score (nSPS) is 12.3. The maximum atomic E-state index is 6.17. The van der Waals surface area contributed by atoms with Crippen molar-refractivity contribution in [3.05, 3.63) is 46.5 Å². The molecule has 0 heterocycles. The fraction of sp³-hybridized carbons (Fsp3) is 0.333. The Bertz CT molecular complexity index is 310. The van der Waals surface area contributed by atoms with Crippen molar-refractivity contribution >= 4 is 23.2 Å². The molecule has 76 valence electrons. The number of halogens is 2. The molecule has 0 amide bonds. The first-order chi connectivity index (χ1) is 6.61. The van der Waals surface area contributed by atoms with Gasteiger partial charge in [-0.25, -0.2) is 0 Å². The third-order valence-electron chi connectivity index (χ3n) is 2.01. The highest BCUT2D eigenvalue weighted by atomic mass is 35.5. The van der Waals surface area contributed by atoms with Gasteiger partial charge in [-0.05, 0) is 25.8 Å². The van der Waals surface area contributed by atoms with Gasteiger partial charge in [0.25, 0.3) is 0 Å². The molecular formula is C12H14Cl2. The summed E-state index contributed by atoms with van der Waals surface area (Å²) < 4.78 is 0. The number of hydrogen-bond acceptors (Lipinski definition) is 0. The van der Waals surface area contributed by atoms with E-state index in [0.29, 0.717) is 0 Å². The summed E-state index contributed by atoms with van der Waals surface area (Å²) in [6.45, 7) is 3.95. The average molecular weight is 229 g/mol. The topological polar surface area (TPSA) is 0 Å². The Morgan fingerprint density at radius 3 is 2.29 bits per heavy atom. The highest BCUT2D eigenvalue weighted by Gasteiger charge is 2.10. The number of allylic oxidation sites excluding steroid dienone is 2. The molecule has 0 aliphatic rings. The summed E-state index contributed by atoms with van der Waals surface area (Å²) in [7, 11) is 0. The first kappa shape index (κ1) is 11.6. The molecular weight excluding hydrogens is 215 g/mol. The van der Waals surface area contributed by atoms with E-state index >= 15 is 0 Å². The SMILES string of the molecule is CC(C)=C(Cl)[C@H](Cl)Cc1ccccc1. The zero-order valence-electron chi connectivity index (χ0n) is 8.43. The molecule has 0 radical (unpaired) electrons. The predicted octanol–water partition coefficient (Wildman–Crippen LogP) is 4.37. The lowest BCUT2D eigenvalue weighted by Crippen LogP contribution is -2.04. The lowest BCUT2D eigenvalue weighted by Gasteiger charge is -2.09. The zero-order chi connectivity index (χ0) is 10.6. The monoisotopic (exact) mass is 228 g/mol. The van der Waals surface area contributed by atoms with Gasteiger partial charge in [0.2, 0.25) is 0 Å². The molecule has 14 heavy (non-hydrogen) atoms. The van der Waals surface area contributed by atoms with Crippen molar-refractivity contribution in [2.24, 2.45) is 0 Å². The largest absolute Gasteiger partial charge is 0.116 e. The molecule has 1 rings (SSSR count). The van der Waals surface area contributed by atoms with Gasteiger partial charge in [-0.3, -0.25) is 0 Å². The molecule has 0 saturated heterocycles. The summed E-state index contributed by atoms with van der Waals surface area (Å²) in [4.78, 5) is 0. The van der Waals surface area contributed by atoms with E-state index in [4.69, 9.17) is 23.2 Å². The molecule has 0 spiro atoms. The lowest BCUT2D eigenvalue weighted by molar-refractivity contribution is 0.979. The summed E-state index contributed by atoms with van der Waals surface area (Å²) in [6, 6.07) is 10.1. The average Bonchev–Trinajstić information content (AvgIpc) is 2.18.